The third-order valence-electron chi connectivity index (χ3n) is 2.01. The van der Waals surface area contributed by atoms with Crippen LogP contribution in [-0.4, -0.2) is 31.2 Å². The SMILES string of the molecule is Cn1cncc1C#Cc1ccc(/C=N\O)nn1. The van der Waals surface area contributed by atoms with Gasteiger partial charge < -0.3 is 9.77 Å². The maximum Gasteiger partial charge on any atom is 0.136 e. The molecule has 0 aliphatic heterocycles. The summed E-state index contributed by atoms with van der Waals surface area (Å²) in [5.74, 6) is 5.79. The van der Waals surface area contributed by atoms with E-state index in [0.717, 1.165) is 5.69 Å². The Morgan fingerprint density at radius 2 is 2.24 bits per heavy atom. The van der Waals surface area contributed by atoms with Crippen molar-refractivity contribution >= 4 is 6.21 Å². The number of nitrogens with zero attached hydrogens (tertiary/aromatic N) is 5. The second kappa shape index (κ2) is 4.90. The van der Waals surface area contributed by atoms with Gasteiger partial charge in [-0.05, 0) is 24.0 Å². The molecule has 0 bridgehead atoms. The summed E-state index contributed by atoms with van der Waals surface area (Å²) in [6.45, 7) is 0. The number of oxime groups is 1. The molecule has 84 valence electrons. The van der Waals surface area contributed by atoms with Gasteiger partial charge in [-0.1, -0.05) is 5.16 Å². The number of aryl methyl sites for hydroxylation is 1. The quantitative estimate of drug-likeness (QED) is 0.331. The second-order valence-corrected chi connectivity index (χ2v) is 3.23. The largest absolute Gasteiger partial charge is 0.411 e. The van der Waals surface area contributed by atoms with E-state index in [-0.39, 0.29) is 0 Å². The second-order valence-electron chi connectivity index (χ2n) is 3.23. The summed E-state index contributed by atoms with van der Waals surface area (Å²) in [7, 11) is 1.86. The van der Waals surface area contributed by atoms with Crippen LogP contribution in [0.5, 0.6) is 0 Å². The number of rotatable bonds is 1. The van der Waals surface area contributed by atoms with Crippen molar-refractivity contribution in [3.63, 3.8) is 0 Å². The third kappa shape index (κ3) is 2.66. The topological polar surface area (TPSA) is 76.2 Å². The van der Waals surface area contributed by atoms with E-state index < -0.39 is 0 Å². The number of imidazole rings is 1. The zero-order chi connectivity index (χ0) is 12.1. The Labute approximate surface area is 97.6 Å². The minimum atomic E-state index is 0.471. The lowest BCUT2D eigenvalue weighted by atomic mass is 10.3. The summed E-state index contributed by atoms with van der Waals surface area (Å²) in [6, 6.07) is 3.37. The van der Waals surface area contributed by atoms with Crippen LogP contribution in [0.3, 0.4) is 0 Å². The first-order chi connectivity index (χ1) is 8.29. The van der Waals surface area contributed by atoms with E-state index in [1.54, 1.807) is 24.7 Å². The molecule has 6 heteroatoms. The molecule has 6 nitrogen and oxygen atoms in total. The Bertz CT molecular complexity index is 588. The van der Waals surface area contributed by atoms with Gasteiger partial charge >= 0.3 is 0 Å². The molecule has 0 spiro atoms. The Morgan fingerprint density at radius 3 is 2.82 bits per heavy atom. The highest BCUT2D eigenvalue weighted by Crippen LogP contribution is 1.95. The first-order valence-electron chi connectivity index (χ1n) is 4.79. The standard InChI is InChI=1S/C11H9N5O/c1-16-8-12-7-11(16)5-4-9-2-3-10(6-13-17)15-14-9/h2-3,6-8,17H,1H3/b13-6-. The Morgan fingerprint density at radius 1 is 1.35 bits per heavy atom. The van der Waals surface area contributed by atoms with Gasteiger partial charge in [0.05, 0.1) is 18.7 Å². The van der Waals surface area contributed by atoms with E-state index in [9.17, 15) is 0 Å². The van der Waals surface area contributed by atoms with Crippen molar-refractivity contribution < 1.29 is 5.21 Å². The van der Waals surface area contributed by atoms with Crippen molar-refractivity contribution in [2.45, 2.75) is 0 Å². The lowest BCUT2D eigenvalue weighted by molar-refractivity contribution is 0.321. The fraction of sp³-hybridized carbons (Fsp3) is 0.0909. The van der Waals surface area contributed by atoms with Crippen LogP contribution in [0.25, 0.3) is 0 Å². The molecular formula is C11H9N5O. The van der Waals surface area contributed by atoms with E-state index in [0.29, 0.717) is 11.4 Å². The molecule has 2 aromatic rings. The van der Waals surface area contributed by atoms with Crippen molar-refractivity contribution in [3.05, 3.63) is 41.7 Å². The van der Waals surface area contributed by atoms with Gasteiger partial charge in [0.2, 0.25) is 0 Å². The van der Waals surface area contributed by atoms with Gasteiger partial charge in [0, 0.05) is 7.05 Å². The fourth-order valence-electron chi connectivity index (χ4n) is 1.14. The Kier molecular flexibility index (Phi) is 3.12. The van der Waals surface area contributed by atoms with Gasteiger partial charge in [-0.2, -0.15) is 0 Å². The summed E-state index contributed by atoms with van der Waals surface area (Å²) >= 11 is 0. The van der Waals surface area contributed by atoms with Crippen molar-refractivity contribution in [1.82, 2.24) is 19.7 Å². The summed E-state index contributed by atoms with van der Waals surface area (Å²) in [5, 5.41) is 18.8. The molecule has 0 saturated heterocycles. The van der Waals surface area contributed by atoms with Crippen molar-refractivity contribution in [2.75, 3.05) is 0 Å². The van der Waals surface area contributed by atoms with Crippen LogP contribution in [0.1, 0.15) is 17.1 Å². The zero-order valence-electron chi connectivity index (χ0n) is 9.07. The lowest BCUT2D eigenvalue weighted by Gasteiger charge is -1.91. The molecule has 1 N–H and O–H groups in total. The predicted octanol–water partition coefficient (Wildman–Crippen LogP) is 0.418. The van der Waals surface area contributed by atoms with Crippen molar-refractivity contribution in [3.8, 4) is 11.8 Å². The summed E-state index contributed by atoms with van der Waals surface area (Å²) in [5.41, 5.74) is 1.81. The number of hydrogen-bond donors (Lipinski definition) is 1. The average Bonchev–Trinajstić information content (AvgIpc) is 2.75. The van der Waals surface area contributed by atoms with Crippen LogP contribution in [0.4, 0.5) is 0 Å². The van der Waals surface area contributed by atoms with Crippen LogP contribution in [0.15, 0.2) is 29.8 Å². The summed E-state index contributed by atoms with van der Waals surface area (Å²) < 4.78 is 1.81. The predicted molar refractivity (Wildman–Crippen MR) is 60.6 cm³/mol. The molecule has 0 aliphatic rings. The molecule has 0 aromatic carbocycles. The highest BCUT2D eigenvalue weighted by Gasteiger charge is 1.94. The maximum atomic E-state index is 8.31. The molecule has 0 radical (unpaired) electrons. The molecule has 0 unspecified atom stereocenters. The van der Waals surface area contributed by atoms with Gasteiger partial charge in [0.25, 0.3) is 0 Å². The summed E-state index contributed by atoms with van der Waals surface area (Å²) in [4.78, 5) is 3.95. The highest BCUT2D eigenvalue weighted by molar-refractivity contribution is 5.75. The summed E-state index contributed by atoms with van der Waals surface area (Å²) in [6.07, 6.45) is 4.55. The van der Waals surface area contributed by atoms with Crippen LogP contribution < -0.4 is 0 Å². The molecule has 2 heterocycles. The number of hydrogen-bond acceptors (Lipinski definition) is 5. The minimum absolute atomic E-state index is 0.471. The lowest BCUT2D eigenvalue weighted by Crippen LogP contribution is -1.94. The first kappa shape index (κ1) is 10.8. The highest BCUT2D eigenvalue weighted by atomic mass is 16.4. The monoisotopic (exact) mass is 227 g/mol. The zero-order valence-corrected chi connectivity index (χ0v) is 9.07. The van der Waals surface area contributed by atoms with Crippen LogP contribution >= 0.6 is 0 Å². The number of aromatic nitrogens is 4. The molecule has 0 saturated carbocycles. The molecule has 0 atom stereocenters. The molecule has 2 aromatic heterocycles. The van der Waals surface area contributed by atoms with E-state index in [2.05, 4.69) is 32.2 Å². The molecule has 0 amide bonds. The van der Waals surface area contributed by atoms with Crippen molar-refractivity contribution in [2.24, 2.45) is 12.2 Å². The maximum absolute atomic E-state index is 8.31. The Hall–Kier alpha value is -2.68. The van der Waals surface area contributed by atoms with E-state index in [4.69, 9.17) is 5.21 Å². The molecule has 17 heavy (non-hydrogen) atoms. The molecular weight excluding hydrogens is 218 g/mol. The van der Waals surface area contributed by atoms with E-state index in [1.165, 1.54) is 6.21 Å². The van der Waals surface area contributed by atoms with Crippen LogP contribution in [0, 0.1) is 11.8 Å². The Balaban J connectivity index is 2.20. The molecule has 2 rings (SSSR count). The smallest absolute Gasteiger partial charge is 0.136 e. The van der Waals surface area contributed by atoms with E-state index >= 15 is 0 Å². The van der Waals surface area contributed by atoms with Gasteiger partial charge in [-0.3, -0.25) is 0 Å². The molecule has 0 fully saturated rings. The van der Waals surface area contributed by atoms with Gasteiger partial charge in [0.15, 0.2) is 0 Å². The van der Waals surface area contributed by atoms with Crippen molar-refractivity contribution in [1.29, 1.82) is 0 Å². The van der Waals surface area contributed by atoms with Gasteiger partial charge in [0.1, 0.15) is 17.1 Å². The van der Waals surface area contributed by atoms with E-state index in [1.807, 2.05) is 11.6 Å². The molecule has 0 aliphatic carbocycles. The fourth-order valence-corrected chi connectivity index (χ4v) is 1.14. The van der Waals surface area contributed by atoms with Gasteiger partial charge in [-0.15, -0.1) is 10.2 Å². The van der Waals surface area contributed by atoms with Gasteiger partial charge in [-0.25, -0.2) is 4.98 Å². The van der Waals surface area contributed by atoms with Crippen LogP contribution in [-0.2, 0) is 7.05 Å². The first-order valence-corrected chi connectivity index (χ1v) is 4.79. The third-order valence-corrected chi connectivity index (χ3v) is 2.01. The normalized spacial score (nSPS) is 10.2. The van der Waals surface area contributed by atoms with Crippen LogP contribution in [0.2, 0.25) is 0 Å². The average molecular weight is 227 g/mol. The minimum Gasteiger partial charge on any atom is -0.411 e.